The maximum atomic E-state index is 4.49. The molecular weight excluding hydrogens is 317 g/mol. The molecule has 0 N–H and O–H groups in total. The van der Waals surface area contributed by atoms with Gasteiger partial charge >= 0.3 is 27.7 Å². The van der Waals surface area contributed by atoms with E-state index in [9.17, 15) is 0 Å². The third kappa shape index (κ3) is 11.6. The monoisotopic (exact) mass is 347 g/mol. The Balaban J connectivity index is -0.000000142. The van der Waals surface area contributed by atoms with Crippen LogP contribution in [0.4, 0.5) is 0 Å². The van der Waals surface area contributed by atoms with Crippen LogP contribution in [0.25, 0.3) is 0 Å². The first-order valence-electron chi connectivity index (χ1n) is 4.76. The quantitative estimate of drug-likeness (QED) is 0.347. The molecule has 0 aliphatic heterocycles. The van der Waals surface area contributed by atoms with Gasteiger partial charge in [0.25, 0.3) is 0 Å². The van der Waals surface area contributed by atoms with Crippen LogP contribution in [0, 0.1) is 7.43 Å². The van der Waals surface area contributed by atoms with Gasteiger partial charge in [0.1, 0.15) is 0 Å². The zero-order chi connectivity index (χ0) is 11.2. The van der Waals surface area contributed by atoms with Crippen LogP contribution in [-0.4, -0.2) is 16.5 Å². The Hall–Kier alpha value is 1.38. The predicted octanol–water partition coefficient (Wildman–Crippen LogP) is 5.59. The first-order valence-corrected chi connectivity index (χ1v) is 8.41. The van der Waals surface area contributed by atoms with Crippen molar-refractivity contribution in [3.8, 4) is 0 Å². The van der Waals surface area contributed by atoms with Gasteiger partial charge in [-0.25, -0.2) is 0 Å². The van der Waals surface area contributed by atoms with Crippen LogP contribution in [0.1, 0.15) is 55.9 Å². The van der Waals surface area contributed by atoms with Crippen molar-refractivity contribution in [1.82, 2.24) is 0 Å². The van der Waals surface area contributed by atoms with Crippen LogP contribution in [0.3, 0.4) is 0 Å². The molecule has 0 fully saturated rings. The van der Waals surface area contributed by atoms with E-state index in [0.717, 1.165) is 11.3 Å². The fourth-order valence-corrected chi connectivity index (χ4v) is 7.20. The van der Waals surface area contributed by atoms with E-state index in [1.807, 2.05) is 0 Å². The molecule has 100 valence electrons. The summed E-state index contributed by atoms with van der Waals surface area (Å²) in [6.45, 7) is 16.7. The molecule has 0 rings (SSSR count). The SMILES string of the molecule is C.CC(C)[PH+](C(C)C)C(C)(C)C.[CH3-].[Cl][Pd+]. The molecule has 0 bridgehead atoms. The average Bonchev–Trinajstić information content (AvgIpc) is 1.85. The summed E-state index contributed by atoms with van der Waals surface area (Å²) in [7, 11) is 4.29. The van der Waals surface area contributed by atoms with Gasteiger partial charge in [0, 0.05) is 7.92 Å². The van der Waals surface area contributed by atoms with E-state index in [0.29, 0.717) is 5.16 Å². The molecule has 0 atom stereocenters. The van der Waals surface area contributed by atoms with Crippen molar-refractivity contribution in [3.05, 3.63) is 7.43 Å². The molecule has 0 saturated carbocycles. The number of rotatable bonds is 2. The minimum atomic E-state index is -0.194. The van der Waals surface area contributed by atoms with Crippen molar-refractivity contribution in [2.45, 2.75) is 72.4 Å². The van der Waals surface area contributed by atoms with Crippen LogP contribution >= 0.6 is 17.5 Å². The van der Waals surface area contributed by atoms with Crippen molar-refractivity contribution in [3.63, 3.8) is 0 Å². The van der Waals surface area contributed by atoms with Gasteiger partial charge in [0.2, 0.25) is 0 Å². The fraction of sp³-hybridized carbons (Fsp3) is 0.917. The summed E-state index contributed by atoms with van der Waals surface area (Å²) in [5.41, 5.74) is 1.81. The molecule has 0 aliphatic rings. The maximum absolute atomic E-state index is 4.49. The average molecular weight is 348 g/mol. The molecule has 0 spiro atoms. The summed E-state index contributed by atoms with van der Waals surface area (Å²) in [4.78, 5) is 0. The Morgan fingerprint density at radius 1 is 0.933 bits per heavy atom. The van der Waals surface area contributed by atoms with Gasteiger partial charge in [-0.15, -0.1) is 0 Å². The van der Waals surface area contributed by atoms with Crippen molar-refractivity contribution in [1.29, 1.82) is 0 Å². The molecular formula is C12H31ClPPd+. The van der Waals surface area contributed by atoms with Gasteiger partial charge in [0.15, 0.2) is 0 Å². The molecule has 0 nitrogen and oxygen atoms in total. The third-order valence-electron chi connectivity index (χ3n) is 2.11. The summed E-state index contributed by atoms with van der Waals surface area (Å²) < 4.78 is 0. The molecule has 3 heteroatoms. The second-order valence-electron chi connectivity index (χ2n) is 5.01. The van der Waals surface area contributed by atoms with Gasteiger partial charge in [0.05, 0.1) is 16.5 Å². The van der Waals surface area contributed by atoms with E-state index in [-0.39, 0.29) is 22.8 Å². The van der Waals surface area contributed by atoms with Crippen LogP contribution in [0.5, 0.6) is 0 Å². The Bertz CT molecular complexity index is 111. The molecule has 0 radical (unpaired) electrons. The summed E-state index contributed by atoms with van der Waals surface area (Å²) in [5, 5.41) is 0.562. The summed E-state index contributed by atoms with van der Waals surface area (Å²) in [5.74, 6) is 0. The first-order chi connectivity index (χ1) is 5.76. The van der Waals surface area contributed by atoms with Crippen molar-refractivity contribution in [2.24, 2.45) is 0 Å². The topological polar surface area (TPSA) is 0 Å². The molecule has 0 aromatic heterocycles. The van der Waals surface area contributed by atoms with Gasteiger partial charge in [-0.05, 0) is 48.5 Å². The van der Waals surface area contributed by atoms with E-state index in [1.165, 1.54) is 0 Å². The Labute approximate surface area is 115 Å². The number of hydrogen-bond acceptors (Lipinski definition) is 0. The Kier molecular flexibility index (Phi) is 20.0. The van der Waals surface area contributed by atoms with Crippen molar-refractivity contribution in [2.75, 3.05) is 0 Å². The zero-order valence-corrected chi connectivity index (χ0v) is 14.2. The van der Waals surface area contributed by atoms with E-state index in [1.54, 1.807) is 0 Å². The van der Waals surface area contributed by atoms with Crippen LogP contribution in [-0.2, 0) is 18.2 Å². The van der Waals surface area contributed by atoms with E-state index < -0.39 is 0 Å². The summed E-state index contributed by atoms with van der Waals surface area (Å²) >= 11 is 2.22. The Morgan fingerprint density at radius 2 is 1.13 bits per heavy atom. The van der Waals surface area contributed by atoms with Gasteiger partial charge in [-0.2, -0.15) is 0 Å². The summed E-state index contributed by atoms with van der Waals surface area (Å²) in [6.07, 6.45) is 0. The molecule has 0 aromatic rings. The van der Waals surface area contributed by atoms with Crippen molar-refractivity contribution >= 4 is 17.5 Å². The fourth-order valence-electron chi connectivity index (χ4n) is 2.40. The van der Waals surface area contributed by atoms with Crippen LogP contribution in [0.15, 0.2) is 0 Å². The van der Waals surface area contributed by atoms with Crippen molar-refractivity contribution < 1.29 is 18.2 Å². The van der Waals surface area contributed by atoms with E-state index >= 15 is 0 Å². The summed E-state index contributed by atoms with van der Waals surface area (Å²) in [6, 6.07) is 0. The second-order valence-corrected chi connectivity index (χ2v) is 9.73. The molecule has 0 aliphatic carbocycles. The molecule has 0 saturated heterocycles. The molecule has 0 heterocycles. The second kappa shape index (κ2) is 11.9. The standard InChI is InChI=1S/C10H23P.CH4.CH3.ClH.Pd/c1-8(2)11(9(3)4)10(5,6)7;;;;/h8-9H,1-7H3;1H4;1H3;1H;/q;;-1;;+2. The molecule has 15 heavy (non-hydrogen) atoms. The van der Waals surface area contributed by atoms with Gasteiger partial charge in [-0.1, -0.05) is 7.43 Å². The van der Waals surface area contributed by atoms with Gasteiger partial charge < -0.3 is 7.43 Å². The van der Waals surface area contributed by atoms with E-state index in [2.05, 4.69) is 76.2 Å². The van der Waals surface area contributed by atoms with E-state index in [4.69, 9.17) is 0 Å². The number of halogens is 1. The normalized spacial score (nSPS) is 10.5. The first kappa shape index (κ1) is 25.3. The molecule has 0 amide bonds. The Morgan fingerprint density at radius 3 is 1.13 bits per heavy atom. The third-order valence-corrected chi connectivity index (χ3v) is 6.33. The van der Waals surface area contributed by atoms with Crippen LogP contribution in [0.2, 0.25) is 0 Å². The predicted molar refractivity (Wildman–Crippen MR) is 77.3 cm³/mol. The zero-order valence-electron chi connectivity index (χ0n) is 10.8. The molecule has 0 aromatic carbocycles. The number of hydrogen-bond donors (Lipinski definition) is 0. The van der Waals surface area contributed by atoms with Gasteiger partial charge in [-0.3, -0.25) is 0 Å². The van der Waals surface area contributed by atoms with Crippen LogP contribution < -0.4 is 0 Å². The minimum absolute atomic E-state index is 0. The molecule has 0 unspecified atom stereocenters.